The predicted octanol–water partition coefficient (Wildman–Crippen LogP) is 2.48. The molecule has 9 nitrogen and oxygen atoms in total. The number of esters is 1. The van der Waals surface area contributed by atoms with Crippen LogP contribution < -0.4 is 14.8 Å². The number of carbonyl (C=O) groups excluding carboxylic acids is 2. The van der Waals surface area contributed by atoms with Gasteiger partial charge in [0.2, 0.25) is 0 Å². The van der Waals surface area contributed by atoms with Crippen LogP contribution in [0.5, 0.6) is 11.5 Å². The van der Waals surface area contributed by atoms with Crippen molar-refractivity contribution in [3.8, 4) is 11.5 Å². The molecule has 152 valence electrons. The van der Waals surface area contributed by atoms with Crippen LogP contribution in [0.3, 0.4) is 0 Å². The molecule has 2 heterocycles. The standard InChI is InChI=1S/C20H22N4O5/c1-11-15-8-13(10-21-18(15)24(3)23-11)20(26)29-12(2)19(25)22-14-6-7-16(27-4)17(9-14)28-5/h6-10,12H,1-5H3,(H,22,25). The molecule has 1 amide bonds. The molecular weight excluding hydrogens is 376 g/mol. The van der Waals surface area contributed by atoms with Gasteiger partial charge in [0.1, 0.15) is 0 Å². The summed E-state index contributed by atoms with van der Waals surface area (Å²) in [6.45, 7) is 3.33. The third kappa shape index (κ3) is 4.13. The van der Waals surface area contributed by atoms with E-state index in [1.807, 2.05) is 6.92 Å². The number of hydrogen-bond donors (Lipinski definition) is 1. The molecule has 29 heavy (non-hydrogen) atoms. The van der Waals surface area contributed by atoms with E-state index in [0.29, 0.717) is 22.8 Å². The smallest absolute Gasteiger partial charge is 0.340 e. The van der Waals surface area contributed by atoms with Crippen molar-refractivity contribution in [1.82, 2.24) is 14.8 Å². The van der Waals surface area contributed by atoms with E-state index < -0.39 is 18.0 Å². The summed E-state index contributed by atoms with van der Waals surface area (Å²) in [5.74, 6) is -0.102. The predicted molar refractivity (Wildman–Crippen MR) is 106 cm³/mol. The zero-order valence-corrected chi connectivity index (χ0v) is 16.8. The van der Waals surface area contributed by atoms with E-state index in [-0.39, 0.29) is 5.56 Å². The Hall–Kier alpha value is -3.62. The number of fused-ring (bicyclic) bond motifs is 1. The number of ether oxygens (including phenoxy) is 3. The Balaban J connectivity index is 1.69. The molecule has 1 atom stereocenters. The summed E-state index contributed by atoms with van der Waals surface area (Å²) >= 11 is 0. The lowest BCUT2D eigenvalue weighted by Gasteiger charge is -2.15. The number of amides is 1. The van der Waals surface area contributed by atoms with E-state index >= 15 is 0 Å². The van der Waals surface area contributed by atoms with E-state index in [0.717, 1.165) is 11.1 Å². The number of pyridine rings is 1. The lowest BCUT2D eigenvalue weighted by atomic mass is 10.2. The van der Waals surface area contributed by atoms with Crippen molar-refractivity contribution in [2.75, 3.05) is 19.5 Å². The van der Waals surface area contributed by atoms with Crippen molar-refractivity contribution in [2.45, 2.75) is 20.0 Å². The van der Waals surface area contributed by atoms with Crippen molar-refractivity contribution < 1.29 is 23.8 Å². The number of hydrogen-bond acceptors (Lipinski definition) is 7. The van der Waals surface area contributed by atoms with Crippen molar-refractivity contribution in [3.05, 3.63) is 41.7 Å². The van der Waals surface area contributed by atoms with Gasteiger partial charge in [-0.3, -0.25) is 9.48 Å². The first-order valence-electron chi connectivity index (χ1n) is 8.87. The number of benzene rings is 1. The summed E-state index contributed by atoms with van der Waals surface area (Å²) in [6.07, 6.45) is 0.395. The molecule has 9 heteroatoms. The van der Waals surface area contributed by atoms with Crippen LogP contribution >= 0.6 is 0 Å². The molecule has 2 aromatic heterocycles. The zero-order chi connectivity index (χ0) is 21.1. The van der Waals surface area contributed by atoms with Gasteiger partial charge in [-0.05, 0) is 32.0 Å². The second-order valence-electron chi connectivity index (χ2n) is 6.41. The molecule has 0 fully saturated rings. The Bertz CT molecular complexity index is 1080. The van der Waals surface area contributed by atoms with Crippen LogP contribution in [-0.2, 0) is 16.6 Å². The van der Waals surface area contributed by atoms with Crippen molar-refractivity contribution in [1.29, 1.82) is 0 Å². The van der Waals surface area contributed by atoms with Crippen LogP contribution in [-0.4, -0.2) is 47.0 Å². The highest BCUT2D eigenvalue weighted by Crippen LogP contribution is 2.29. The van der Waals surface area contributed by atoms with Crippen molar-refractivity contribution in [3.63, 3.8) is 0 Å². The molecular formula is C20H22N4O5. The molecule has 3 rings (SSSR count). The largest absolute Gasteiger partial charge is 0.493 e. The first kappa shape index (κ1) is 20.1. The Morgan fingerprint density at radius 2 is 1.86 bits per heavy atom. The van der Waals surface area contributed by atoms with Gasteiger partial charge in [0.15, 0.2) is 23.3 Å². The number of rotatable bonds is 6. The van der Waals surface area contributed by atoms with Gasteiger partial charge in [0.25, 0.3) is 5.91 Å². The average Bonchev–Trinajstić information content (AvgIpc) is 3.00. The number of nitrogens with zero attached hydrogens (tertiary/aromatic N) is 3. The maximum absolute atomic E-state index is 12.5. The van der Waals surface area contributed by atoms with Gasteiger partial charge in [-0.15, -0.1) is 0 Å². The van der Waals surface area contributed by atoms with Crippen LogP contribution in [0.1, 0.15) is 23.0 Å². The van der Waals surface area contributed by atoms with Gasteiger partial charge in [-0.25, -0.2) is 9.78 Å². The summed E-state index contributed by atoms with van der Waals surface area (Å²) in [5, 5.41) is 7.71. The van der Waals surface area contributed by atoms with Crippen molar-refractivity contribution >= 4 is 28.6 Å². The summed E-state index contributed by atoms with van der Waals surface area (Å²) in [7, 11) is 4.81. The lowest BCUT2D eigenvalue weighted by Crippen LogP contribution is -2.30. The molecule has 0 radical (unpaired) electrons. The fourth-order valence-corrected chi connectivity index (χ4v) is 2.86. The third-order valence-corrected chi connectivity index (χ3v) is 4.40. The number of aryl methyl sites for hydroxylation is 2. The van der Waals surface area contributed by atoms with Crippen LogP contribution in [0.15, 0.2) is 30.5 Å². The summed E-state index contributed by atoms with van der Waals surface area (Å²) in [6, 6.07) is 6.61. The Morgan fingerprint density at radius 3 is 2.55 bits per heavy atom. The quantitative estimate of drug-likeness (QED) is 0.636. The molecule has 0 aliphatic rings. The minimum Gasteiger partial charge on any atom is -0.493 e. The summed E-state index contributed by atoms with van der Waals surface area (Å²) in [5.41, 5.74) is 2.16. The van der Waals surface area contributed by atoms with E-state index in [2.05, 4.69) is 15.4 Å². The van der Waals surface area contributed by atoms with Gasteiger partial charge < -0.3 is 19.5 Å². The lowest BCUT2D eigenvalue weighted by molar-refractivity contribution is -0.123. The molecule has 1 aromatic carbocycles. The maximum Gasteiger partial charge on any atom is 0.340 e. The normalized spacial score (nSPS) is 11.8. The Labute approximate surface area is 167 Å². The van der Waals surface area contributed by atoms with Crippen LogP contribution in [0.25, 0.3) is 11.0 Å². The topological polar surface area (TPSA) is 105 Å². The van der Waals surface area contributed by atoms with Gasteiger partial charge in [0.05, 0.1) is 25.5 Å². The molecule has 0 saturated carbocycles. The highest BCUT2D eigenvalue weighted by atomic mass is 16.5. The molecule has 3 aromatic rings. The minimum atomic E-state index is -1.01. The van der Waals surface area contributed by atoms with E-state index in [1.54, 1.807) is 36.0 Å². The zero-order valence-electron chi connectivity index (χ0n) is 16.8. The number of nitrogens with one attached hydrogen (secondary N) is 1. The summed E-state index contributed by atoms with van der Waals surface area (Å²) < 4.78 is 17.3. The van der Waals surface area contributed by atoms with Gasteiger partial charge in [-0.1, -0.05) is 0 Å². The van der Waals surface area contributed by atoms with Crippen LogP contribution in [0, 0.1) is 6.92 Å². The second-order valence-corrected chi connectivity index (χ2v) is 6.41. The van der Waals surface area contributed by atoms with Gasteiger partial charge in [0, 0.05) is 30.4 Å². The molecule has 0 saturated heterocycles. The van der Waals surface area contributed by atoms with E-state index in [4.69, 9.17) is 14.2 Å². The maximum atomic E-state index is 12.5. The average molecular weight is 398 g/mol. The first-order valence-corrected chi connectivity index (χ1v) is 8.87. The molecule has 1 N–H and O–H groups in total. The number of aromatic nitrogens is 3. The van der Waals surface area contributed by atoms with Gasteiger partial charge in [-0.2, -0.15) is 5.10 Å². The monoisotopic (exact) mass is 398 g/mol. The molecule has 1 unspecified atom stereocenters. The first-order chi connectivity index (χ1) is 13.8. The fourth-order valence-electron chi connectivity index (χ4n) is 2.86. The SMILES string of the molecule is COc1ccc(NC(=O)C(C)OC(=O)c2cnc3c(c2)c(C)nn3C)cc1OC. The highest BCUT2D eigenvalue weighted by Gasteiger charge is 2.21. The van der Waals surface area contributed by atoms with Crippen LogP contribution in [0.4, 0.5) is 5.69 Å². The molecule has 0 spiro atoms. The van der Waals surface area contributed by atoms with E-state index in [1.165, 1.54) is 27.3 Å². The number of anilines is 1. The third-order valence-electron chi connectivity index (χ3n) is 4.40. The van der Waals surface area contributed by atoms with E-state index in [9.17, 15) is 9.59 Å². The Morgan fingerprint density at radius 1 is 1.14 bits per heavy atom. The molecule has 0 aliphatic heterocycles. The van der Waals surface area contributed by atoms with Gasteiger partial charge >= 0.3 is 5.97 Å². The highest BCUT2D eigenvalue weighted by molar-refractivity contribution is 5.98. The van der Waals surface area contributed by atoms with Crippen molar-refractivity contribution in [2.24, 2.45) is 7.05 Å². The minimum absolute atomic E-state index is 0.249. The second kappa shape index (κ2) is 8.17. The fraction of sp³-hybridized carbons (Fsp3) is 0.300. The Kier molecular flexibility index (Phi) is 5.67. The number of methoxy groups -OCH3 is 2. The summed E-state index contributed by atoms with van der Waals surface area (Å²) in [4.78, 5) is 29.1. The van der Waals surface area contributed by atoms with Crippen LogP contribution in [0.2, 0.25) is 0 Å². The molecule has 0 aliphatic carbocycles. The number of carbonyl (C=O) groups is 2. The molecule has 0 bridgehead atoms.